The molecule has 128 valence electrons. The van der Waals surface area contributed by atoms with Gasteiger partial charge < -0.3 is 14.8 Å². The minimum atomic E-state index is -0.411. The van der Waals surface area contributed by atoms with Crippen molar-refractivity contribution in [3.8, 4) is 5.75 Å². The molecule has 1 aliphatic carbocycles. The second-order valence-electron chi connectivity index (χ2n) is 6.03. The van der Waals surface area contributed by atoms with Gasteiger partial charge in [0, 0.05) is 28.9 Å². The largest absolute Gasteiger partial charge is 0.496 e. The fourth-order valence-corrected chi connectivity index (χ4v) is 3.37. The number of aliphatic imine (C=N–C) groups is 1. The van der Waals surface area contributed by atoms with Gasteiger partial charge in [-0.3, -0.25) is 10.1 Å². The third-order valence-electron chi connectivity index (χ3n) is 4.58. The number of nitro benzene ring substituents is 1. The molecule has 0 amide bonds. The van der Waals surface area contributed by atoms with E-state index in [0.717, 1.165) is 35.4 Å². The molecule has 0 saturated carbocycles. The topological polar surface area (TPSA) is 86.0 Å². The molecule has 1 heterocycles. The van der Waals surface area contributed by atoms with Crippen molar-refractivity contribution in [3.63, 3.8) is 0 Å². The quantitative estimate of drug-likeness (QED) is 0.682. The summed E-state index contributed by atoms with van der Waals surface area (Å²) in [6, 6.07) is 11.1. The summed E-state index contributed by atoms with van der Waals surface area (Å²) in [5, 5.41) is 14.0. The van der Waals surface area contributed by atoms with Crippen molar-refractivity contribution in [2.24, 2.45) is 4.99 Å². The monoisotopic (exact) mass is 339 g/mol. The lowest BCUT2D eigenvalue weighted by molar-refractivity contribution is -0.384. The van der Waals surface area contributed by atoms with Crippen LogP contribution < -0.4 is 10.1 Å². The van der Waals surface area contributed by atoms with E-state index in [1.54, 1.807) is 13.2 Å². The third-order valence-corrected chi connectivity index (χ3v) is 4.58. The highest BCUT2D eigenvalue weighted by Gasteiger charge is 2.27. The van der Waals surface area contributed by atoms with Crippen molar-refractivity contribution in [1.29, 1.82) is 0 Å². The number of nitro groups is 1. The molecule has 0 aromatic heterocycles. The average molecular weight is 339 g/mol. The number of methoxy groups -OCH3 is 1. The molecule has 2 aromatic carbocycles. The minimum Gasteiger partial charge on any atom is -0.496 e. The first kappa shape index (κ1) is 15.4. The van der Waals surface area contributed by atoms with Crippen LogP contribution in [0, 0.1) is 10.1 Å². The van der Waals surface area contributed by atoms with Crippen LogP contribution in [0.3, 0.4) is 0 Å². The van der Waals surface area contributed by atoms with Crippen LogP contribution in [0.4, 0.5) is 11.4 Å². The van der Waals surface area contributed by atoms with Crippen LogP contribution in [-0.4, -0.2) is 18.1 Å². The van der Waals surface area contributed by atoms with Gasteiger partial charge in [0.25, 0.3) is 11.7 Å². The number of anilines is 1. The molecular weight excluding hydrogens is 322 g/mol. The summed E-state index contributed by atoms with van der Waals surface area (Å²) in [5.41, 5.74) is 3.95. The highest BCUT2D eigenvalue weighted by molar-refractivity contribution is 5.92. The summed E-state index contributed by atoms with van der Waals surface area (Å²) in [5.74, 6) is 0.844. The highest BCUT2D eigenvalue weighted by Crippen LogP contribution is 2.40. The van der Waals surface area contributed by atoms with Gasteiger partial charge in [0.15, 0.2) is 0 Å². The van der Waals surface area contributed by atoms with E-state index in [-0.39, 0.29) is 18.3 Å². The standard InChI is InChI=1S/C18H17N3O4/c1-24-16-4-2-3-11-5-7-15(17(11)16)20-18-19-14-8-6-13(21(22)23)9-12(14)10-25-18/h2-4,6,8-9,15H,5,7,10H2,1H3,(H,19,20). The zero-order valence-electron chi connectivity index (χ0n) is 13.7. The van der Waals surface area contributed by atoms with Gasteiger partial charge in [-0.15, -0.1) is 0 Å². The predicted molar refractivity (Wildman–Crippen MR) is 93.0 cm³/mol. The summed E-state index contributed by atoms with van der Waals surface area (Å²) in [6.07, 6.45) is 1.86. The molecule has 1 unspecified atom stereocenters. The normalized spacial score (nSPS) is 19.6. The lowest BCUT2D eigenvalue weighted by atomic mass is 10.1. The van der Waals surface area contributed by atoms with Crippen LogP contribution in [0.2, 0.25) is 0 Å². The number of rotatable bonds is 3. The van der Waals surface area contributed by atoms with Crippen LogP contribution >= 0.6 is 0 Å². The molecule has 1 aliphatic heterocycles. The van der Waals surface area contributed by atoms with Crippen LogP contribution in [0.15, 0.2) is 41.4 Å². The van der Waals surface area contributed by atoms with E-state index in [2.05, 4.69) is 11.4 Å². The number of nitrogens with one attached hydrogen (secondary N) is 1. The average Bonchev–Trinajstić information content (AvgIpc) is 3.04. The van der Waals surface area contributed by atoms with Crippen LogP contribution in [-0.2, 0) is 17.8 Å². The fourth-order valence-electron chi connectivity index (χ4n) is 3.37. The first-order chi connectivity index (χ1) is 12.2. The zero-order valence-corrected chi connectivity index (χ0v) is 13.7. The van der Waals surface area contributed by atoms with E-state index in [0.29, 0.717) is 6.02 Å². The first-order valence-corrected chi connectivity index (χ1v) is 8.06. The van der Waals surface area contributed by atoms with Gasteiger partial charge in [0.2, 0.25) is 0 Å². The summed E-state index contributed by atoms with van der Waals surface area (Å²) in [6.45, 7) is 0.258. The van der Waals surface area contributed by atoms with Gasteiger partial charge in [-0.25, -0.2) is 4.99 Å². The molecule has 1 N–H and O–H groups in total. The maximum atomic E-state index is 10.9. The third kappa shape index (κ3) is 2.77. The maximum absolute atomic E-state index is 10.9. The zero-order chi connectivity index (χ0) is 17.4. The van der Waals surface area contributed by atoms with Gasteiger partial charge in [-0.2, -0.15) is 0 Å². The van der Waals surface area contributed by atoms with Crippen molar-refractivity contribution in [3.05, 3.63) is 63.2 Å². The van der Waals surface area contributed by atoms with Gasteiger partial charge >= 0.3 is 0 Å². The molecule has 1 atom stereocenters. The molecule has 0 radical (unpaired) electrons. The summed E-state index contributed by atoms with van der Waals surface area (Å²) in [7, 11) is 1.66. The number of non-ortho nitro benzene ring substituents is 1. The molecule has 2 aromatic rings. The van der Waals surface area contributed by atoms with E-state index in [1.807, 2.05) is 12.1 Å². The molecular formula is C18H17N3O4. The van der Waals surface area contributed by atoms with Gasteiger partial charge in [-0.1, -0.05) is 12.1 Å². The Kier molecular flexibility index (Phi) is 3.76. The summed E-state index contributed by atoms with van der Waals surface area (Å²) >= 11 is 0. The number of nitrogens with zero attached hydrogens (tertiary/aromatic N) is 2. The molecule has 4 rings (SSSR count). The number of hydrogen-bond acceptors (Lipinski definition) is 5. The minimum absolute atomic E-state index is 0.0201. The Bertz CT molecular complexity index is 879. The smallest absolute Gasteiger partial charge is 0.290 e. The molecule has 0 bridgehead atoms. The van der Waals surface area contributed by atoms with Crippen LogP contribution in [0.5, 0.6) is 5.75 Å². The SMILES string of the molecule is COc1cccc2c1C(N=C1Nc3ccc([N+](=O)[O-])cc3CO1)CC2. The number of fused-ring (bicyclic) bond motifs is 2. The van der Waals surface area contributed by atoms with Crippen molar-refractivity contribution in [2.45, 2.75) is 25.5 Å². The van der Waals surface area contributed by atoms with E-state index in [1.165, 1.54) is 17.7 Å². The number of aryl methyl sites for hydroxylation is 1. The Morgan fingerprint density at radius 1 is 1.32 bits per heavy atom. The summed E-state index contributed by atoms with van der Waals surface area (Å²) in [4.78, 5) is 15.2. The summed E-state index contributed by atoms with van der Waals surface area (Å²) < 4.78 is 11.1. The molecule has 0 spiro atoms. The molecule has 25 heavy (non-hydrogen) atoms. The van der Waals surface area contributed by atoms with Crippen molar-refractivity contribution < 1.29 is 14.4 Å². The molecule has 7 nitrogen and oxygen atoms in total. The van der Waals surface area contributed by atoms with Crippen molar-refractivity contribution in [2.75, 3.05) is 12.4 Å². The number of amidine groups is 1. The first-order valence-electron chi connectivity index (χ1n) is 8.06. The fraction of sp³-hybridized carbons (Fsp3) is 0.278. The predicted octanol–water partition coefficient (Wildman–Crippen LogP) is 3.59. The van der Waals surface area contributed by atoms with E-state index >= 15 is 0 Å². The Labute approximate surface area is 144 Å². The number of hydrogen-bond donors (Lipinski definition) is 1. The highest BCUT2D eigenvalue weighted by atomic mass is 16.6. The van der Waals surface area contributed by atoms with Crippen molar-refractivity contribution in [1.82, 2.24) is 0 Å². The van der Waals surface area contributed by atoms with E-state index in [4.69, 9.17) is 14.5 Å². The van der Waals surface area contributed by atoms with Gasteiger partial charge in [0.05, 0.1) is 18.1 Å². The Hall–Kier alpha value is -3.09. The van der Waals surface area contributed by atoms with Crippen molar-refractivity contribution >= 4 is 17.4 Å². The van der Waals surface area contributed by atoms with Gasteiger partial charge in [-0.05, 0) is 30.5 Å². The molecule has 0 saturated heterocycles. The second-order valence-corrected chi connectivity index (χ2v) is 6.03. The Morgan fingerprint density at radius 3 is 3.00 bits per heavy atom. The van der Waals surface area contributed by atoms with E-state index in [9.17, 15) is 10.1 Å². The lowest BCUT2D eigenvalue weighted by Crippen LogP contribution is -2.23. The van der Waals surface area contributed by atoms with Crippen LogP contribution in [0.25, 0.3) is 0 Å². The Morgan fingerprint density at radius 2 is 2.20 bits per heavy atom. The molecule has 0 fully saturated rings. The maximum Gasteiger partial charge on any atom is 0.290 e. The van der Waals surface area contributed by atoms with Gasteiger partial charge in [0.1, 0.15) is 12.4 Å². The second kappa shape index (κ2) is 6.08. The number of ether oxygens (including phenoxy) is 2. The number of benzene rings is 2. The Balaban J connectivity index is 1.60. The van der Waals surface area contributed by atoms with Crippen LogP contribution in [0.1, 0.15) is 29.2 Å². The van der Waals surface area contributed by atoms with E-state index < -0.39 is 4.92 Å². The molecule has 2 aliphatic rings. The molecule has 7 heteroatoms. The lowest BCUT2D eigenvalue weighted by Gasteiger charge is -2.21.